The Kier molecular flexibility index (Phi) is 6.78. The quantitative estimate of drug-likeness (QED) is 0.301. The lowest BCUT2D eigenvalue weighted by Gasteiger charge is -2.33. The summed E-state index contributed by atoms with van der Waals surface area (Å²) < 4.78 is 20.9. The van der Waals surface area contributed by atoms with Gasteiger partial charge in [-0.1, -0.05) is 5.92 Å². The van der Waals surface area contributed by atoms with Crippen molar-refractivity contribution < 1.29 is 4.39 Å². The van der Waals surface area contributed by atoms with Crippen LogP contribution >= 0.6 is 22.9 Å². The second kappa shape index (κ2) is 10.5. The molecule has 0 bridgehead atoms. The van der Waals surface area contributed by atoms with Crippen LogP contribution in [0.3, 0.4) is 0 Å². The van der Waals surface area contributed by atoms with Gasteiger partial charge in [0.25, 0.3) is 5.56 Å². The van der Waals surface area contributed by atoms with Gasteiger partial charge in [-0.15, -0.1) is 17.8 Å². The number of anilines is 3. The molecule has 1 unspecified atom stereocenters. The van der Waals surface area contributed by atoms with Gasteiger partial charge in [-0.3, -0.25) is 9.36 Å². The molecule has 1 saturated heterocycles. The number of piperazine rings is 1. The molecule has 6 rings (SSSR count). The summed E-state index contributed by atoms with van der Waals surface area (Å²) >= 11 is 2.82. The Morgan fingerprint density at radius 3 is 2.95 bits per heavy atom. The van der Waals surface area contributed by atoms with Gasteiger partial charge in [-0.05, 0) is 42.7 Å². The van der Waals surface area contributed by atoms with Crippen LogP contribution < -0.4 is 21.1 Å². The number of nitrogens with zero attached hydrogens (tertiary/aromatic N) is 6. The summed E-state index contributed by atoms with van der Waals surface area (Å²) in [4.78, 5) is 29.6. The number of pyridine rings is 1. The standard InChI is InChI=1S/C27H23FN8OS2/c1-3-17-10-18-12-31-27(33-20-4-5-22(21(28)11-20)35-8-6-29-16(2)14-35)34-24(18)36(26(17)37)15-19-13-32-39-23(19)25-30-7-9-38-25/h1,4-5,7,9-13,16,29H,6,8,14-15H2,2H3,(H,31,33,34). The van der Waals surface area contributed by atoms with Crippen molar-refractivity contribution in [2.24, 2.45) is 0 Å². The maximum atomic E-state index is 15.1. The highest BCUT2D eigenvalue weighted by Crippen LogP contribution is 2.30. The molecule has 0 aliphatic carbocycles. The van der Waals surface area contributed by atoms with Gasteiger partial charge in [0.05, 0.1) is 22.7 Å². The highest BCUT2D eigenvalue weighted by atomic mass is 32.1. The van der Waals surface area contributed by atoms with Crippen molar-refractivity contribution >= 4 is 51.2 Å². The predicted molar refractivity (Wildman–Crippen MR) is 153 cm³/mol. The molecule has 2 N–H and O–H groups in total. The molecular weight excluding hydrogens is 535 g/mol. The third-order valence-corrected chi connectivity index (χ3v) is 8.26. The largest absolute Gasteiger partial charge is 0.366 e. The fraction of sp³-hybridized carbons (Fsp3) is 0.222. The van der Waals surface area contributed by atoms with Crippen LogP contribution in [0.1, 0.15) is 18.1 Å². The van der Waals surface area contributed by atoms with Crippen molar-refractivity contribution in [3.63, 3.8) is 0 Å². The Morgan fingerprint density at radius 2 is 2.18 bits per heavy atom. The molecule has 1 aliphatic heterocycles. The Hall–Kier alpha value is -4.18. The number of hydrogen-bond acceptors (Lipinski definition) is 10. The number of hydrogen-bond donors (Lipinski definition) is 2. The van der Waals surface area contributed by atoms with E-state index in [0.717, 1.165) is 35.1 Å². The number of fused-ring (bicyclic) bond motifs is 1. The maximum absolute atomic E-state index is 15.1. The van der Waals surface area contributed by atoms with Crippen LogP contribution in [0.15, 0.2) is 53.0 Å². The zero-order valence-electron chi connectivity index (χ0n) is 20.9. The Morgan fingerprint density at radius 1 is 1.28 bits per heavy atom. The summed E-state index contributed by atoms with van der Waals surface area (Å²) in [5.74, 6) is 2.37. The number of thiazole rings is 1. The Bertz CT molecular complexity index is 1760. The number of benzene rings is 1. The lowest BCUT2D eigenvalue weighted by atomic mass is 10.2. The molecule has 1 fully saturated rings. The molecular formula is C27H23FN8OS2. The molecule has 0 amide bonds. The summed E-state index contributed by atoms with van der Waals surface area (Å²) in [5.41, 5.74) is 2.17. The van der Waals surface area contributed by atoms with E-state index in [4.69, 9.17) is 6.42 Å². The minimum Gasteiger partial charge on any atom is -0.366 e. The van der Waals surface area contributed by atoms with Crippen molar-refractivity contribution in [2.45, 2.75) is 19.5 Å². The number of aromatic nitrogens is 5. The van der Waals surface area contributed by atoms with Gasteiger partial charge < -0.3 is 15.5 Å². The number of nitrogens with one attached hydrogen (secondary N) is 2. The normalized spacial score (nSPS) is 15.4. The first-order valence-corrected chi connectivity index (χ1v) is 13.9. The average molecular weight is 559 g/mol. The van der Waals surface area contributed by atoms with Gasteiger partial charge in [0, 0.05) is 66.3 Å². The molecule has 0 saturated carbocycles. The second-order valence-corrected chi connectivity index (χ2v) is 10.9. The number of terminal acetylenes is 1. The molecule has 5 heterocycles. The van der Waals surface area contributed by atoms with E-state index < -0.39 is 0 Å². The smallest absolute Gasteiger partial charge is 0.268 e. The third kappa shape index (κ3) is 4.99. The molecule has 1 atom stereocenters. The van der Waals surface area contributed by atoms with Crippen molar-refractivity contribution in [1.82, 2.24) is 29.2 Å². The first-order valence-electron chi connectivity index (χ1n) is 12.3. The Labute approximate surface area is 231 Å². The van der Waals surface area contributed by atoms with Crippen LogP contribution in [0, 0.1) is 18.2 Å². The lowest BCUT2D eigenvalue weighted by molar-refractivity contribution is 0.478. The fourth-order valence-corrected chi connectivity index (χ4v) is 6.16. The molecule has 0 radical (unpaired) electrons. The van der Waals surface area contributed by atoms with Crippen LogP contribution in [0.2, 0.25) is 0 Å². The second-order valence-electron chi connectivity index (χ2n) is 9.18. The molecule has 5 aromatic rings. The van der Waals surface area contributed by atoms with Crippen molar-refractivity contribution in [1.29, 1.82) is 0 Å². The zero-order chi connectivity index (χ0) is 26.9. The van der Waals surface area contributed by atoms with Gasteiger partial charge >= 0.3 is 0 Å². The van der Waals surface area contributed by atoms with Crippen LogP contribution in [0.4, 0.5) is 21.7 Å². The molecule has 39 heavy (non-hydrogen) atoms. The summed E-state index contributed by atoms with van der Waals surface area (Å²) in [7, 11) is 0. The van der Waals surface area contributed by atoms with E-state index in [1.54, 1.807) is 36.8 Å². The molecule has 9 nitrogen and oxygen atoms in total. The lowest BCUT2D eigenvalue weighted by Crippen LogP contribution is -2.49. The summed E-state index contributed by atoms with van der Waals surface area (Å²) in [6, 6.07) is 6.88. The zero-order valence-corrected chi connectivity index (χ0v) is 22.5. The van der Waals surface area contributed by atoms with E-state index in [-0.39, 0.29) is 35.5 Å². The highest BCUT2D eigenvalue weighted by Gasteiger charge is 2.20. The number of halogens is 1. The summed E-state index contributed by atoms with van der Waals surface area (Å²) in [6.45, 7) is 4.57. The van der Waals surface area contributed by atoms with Crippen molar-refractivity contribution in [3.05, 3.63) is 75.5 Å². The van der Waals surface area contributed by atoms with Crippen LogP contribution in [0.25, 0.3) is 20.9 Å². The van der Waals surface area contributed by atoms with E-state index in [9.17, 15) is 4.79 Å². The summed E-state index contributed by atoms with van der Waals surface area (Å²) in [6.07, 6.45) is 10.7. The SMILES string of the molecule is C#Cc1cc2cnc(Nc3ccc(N4CCNC(C)C4)c(F)c3)nc2n(Cc2cnsc2-c2nccs2)c1=O. The molecule has 4 aromatic heterocycles. The molecule has 1 aromatic carbocycles. The monoisotopic (exact) mass is 558 g/mol. The van der Waals surface area contributed by atoms with Crippen molar-refractivity contribution in [3.8, 4) is 22.2 Å². The van der Waals surface area contributed by atoms with Gasteiger partial charge in [-0.2, -0.15) is 4.98 Å². The molecule has 196 valence electrons. The fourth-order valence-electron chi connectivity index (χ4n) is 4.65. The van der Waals surface area contributed by atoms with E-state index in [2.05, 4.69) is 42.8 Å². The van der Waals surface area contributed by atoms with E-state index in [1.807, 2.05) is 10.3 Å². The van der Waals surface area contributed by atoms with Gasteiger partial charge in [-0.25, -0.2) is 18.7 Å². The maximum Gasteiger partial charge on any atom is 0.268 e. The van der Waals surface area contributed by atoms with Crippen LogP contribution in [0.5, 0.6) is 0 Å². The first kappa shape index (κ1) is 25.1. The number of rotatable bonds is 6. The van der Waals surface area contributed by atoms with Gasteiger partial charge in [0.2, 0.25) is 5.95 Å². The predicted octanol–water partition coefficient (Wildman–Crippen LogP) is 4.08. The molecule has 12 heteroatoms. The highest BCUT2D eigenvalue weighted by molar-refractivity contribution is 7.18. The Balaban J connectivity index is 1.34. The topological polar surface area (TPSA) is 101 Å². The van der Waals surface area contributed by atoms with E-state index in [0.29, 0.717) is 22.4 Å². The van der Waals surface area contributed by atoms with Crippen molar-refractivity contribution in [2.75, 3.05) is 29.9 Å². The van der Waals surface area contributed by atoms with Crippen LogP contribution in [-0.4, -0.2) is 49.6 Å². The van der Waals surface area contributed by atoms with E-state index in [1.165, 1.54) is 33.5 Å². The first-order chi connectivity index (χ1) is 19.0. The minimum atomic E-state index is -0.341. The minimum absolute atomic E-state index is 0.207. The average Bonchev–Trinajstić information content (AvgIpc) is 3.62. The summed E-state index contributed by atoms with van der Waals surface area (Å²) in [5, 5.41) is 9.78. The molecule has 0 spiro atoms. The molecule has 1 aliphatic rings. The van der Waals surface area contributed by atoms with Crippen LogP contribution in [-0.2, 0) is 6.54 Å². The third-order valence-electron chi connectivity index (χ3n) is 6.49. The van der Waals surface area contributed by atoms with Gasteiger partial charge in [0.1, 0.15) is 16.5 Å². The van der Waals surface area contributed by atoms with E-state index >= 15 is 4.39 Å². The van der Waals surface area contributed by atoms with Gasteiger partial charge in [0.15, 0.2) is 0 Å².